The number of benzene rings is 1. The molecule has 1 fully saturated rings. The second-order valence-electron chi connectivity index (χ2n) is 3.85. The summed E-state index contributed by atoms with van der Waals surface area (Å²) in [5.41, 5.74) is 0.800. The highest BCUT2D eigenvalue weighted by Crippen LogP contribution is 2.20. The van der Waals surface area contributed by atoms with Crippen LogP contribution in [0.3, 0.4) is 0 Å². The number of para-hydroxylation sites is 1. The minimum Gasteiger partial charge on any atom is -0.396 e. The molecular formula is C12H14N2O2S. The molecule has 0 radical (unpaired) electrons. The van der Waals surface area contributed by atoms with Crippen LogP contribution in [-0.2, 0) is 4.79 Å². The zero-order chi connectivity index (χ0) is 12.3. The predicted molar refractivity (Wildman–Crippen MR) is 69.8 cm³/mol. The van der Waals surface area contributed by atoms with Crippen molar-refractivity contribution in [3.05, 3.63) is 30.3 Å². The average molecular weight is 250 g/mol. The van der Waals surface area contributed by atoms with E-state index in [4.69, 9.17) is 17.3 Å². The number of hydrogen-bond acceptors (Lipinski definition) is 3. The topological polar surface area (TPSA) is 43.8 Å². The Morgan fingerprint density at radius 2 is 2.00 bits per heavy atom. The van der Waals surface area contributed by atoms with Gasteiger partial charge in [-0.3, -0.25) is 9.69 Å². The van der Waals surface area contributed by atoms with Crippen molar-refractivity contribution >= 4 is 28.9 Å². The van der Waals surface area contributed by atoms with Crippen LogP contribution in [0.15, 0.2) is 30.3 Å². The highest BCUT2D eigenvalue weighted by atomic mass is 32.1. The van der Waals surface area contributed by atoms with Gasteiger partial charge in [0.2, 0.25) is 0 Å². The molecule has 2 rings (SSSR count). The van der Waals surface area contributed by atoms with Crippen molar-refractivity contribution in [3.63, 3.8) is 0 Å². The molecule has 1 aromatic rings. The molecule has 5 heteroatoms. The standard InChI is InChI=1S/C12H14N2O2S/c15-8-4-7-13-9-11(16)14(12(13)17)10-5-2-1-3-6-10/h1-3,5-6,15H,4,7-9H2. The fraction of sp³-hybridized carbons (Fsp3) is 0.333. The SMILES string of the molecule is O=C1CN(CCCO)C(=S)N1c1ccccc1. The molecule has 1 aliphatic heterocycles. The van der Waals surface area contributed by atoms with Crippen molar-refractivity contribution in [1.29, 1.82) is 0 Å². The fourth-order valence-corrected chi connectivity index (χ4v) is 2.18. The first-order chi connectivity index (χ1) is 8.24. The first kappa shape index (κ1) is 12.0. The van der Waals surface area contributed by atoms with Crippen molar-refractivity contribution in [2.75, 3.05) is 24.6 Å². The Balaban J connectivity index is 2.15. The van der Waals surface area contributed by atoms with E-state index in [2.05, 4.69) is 0 Å². The molecule has 0 aliphatic carbocycles. The lowest BCUT2D eigenvalue weighted by molar-refractivity contribution is -0.116. The van der Waals surface area contributed by atoms with Crippen LogP contribution in [0.25, 0.3) is 0 Å². The van der Waals surface area contributed by atoms with E-state index >= 15 is 0 Å². The van der Waals surface area contributed by atoms with Gasteiger partial charge < -0.3 is 10.0 Å². The number of nitrogens with zero attached hydrogens (tertiary/aromatic N) is 2. The molecule has 1 aromatic carbocycles. The molecule has 1 saturated heterocycles. The predicted octanol–water partition coefficient (Wildman–Crippen LogP) is 1.00. The maximum Gasteiger partial charge on any atom is 0.252 e. The quantitative estimate of drug-likeness (QED) is 0.810. The van der Waals surface area contributed by atoms with Crippen LogP contribution in [0, 0.1) is 0 Å². The van der Waals surface area contributed by atoms with Crippen LogP contribution in [0.1, 0.15) is 6.42 Å². The monoisotopic (exact) mass is 250 g/mol. The number of aliphatic hydroxyl groups excluding tert-OH is 1. The summed E-state index contributed by atoms with van der Waals surface area (Å²) in [4.78, 5) is 15.3. The highest BCUT2D eigenvalue weighted by molar-refractivity contribution is 7.80. The number of thiocarbonyl (C=S) groups is 1. The van der Waals surface area contributed by atoms with E-state index in [1.165, 1.54) is 0 Å². The molecule has 90 valence electrons. The summed E-state index contributed by atoms with van der Waals surface area (Å²) in [7, 11) is 0. The van der Waals surface area contributed by atoms with Crippen molar-refractivity contribution in [3.8, 4) is 0 Å². The first-order valence-electron chi connectivity index (χ1n) is 5.52. The maximum absolute atomic E-state index is 11.9. The van der Waals surface area contributed by atoms with Gasteiger partial charge in [-0.1, -0.05) is 18.2 Å². The summed E-state index contributed by atoms with van der Waals surface area (Å²) in [5.74, 6) is -0.0147. The normalized spacial score (nSPS) is 15.8. The minimum absolute atomic E-state index is 0.0147. The molecule has 0 spiro atoms. The highest BCUT2D eigenvalue weighted by Gasteiger charge is 2.33. The lowest BCUT2D eigenvalue weighted by atomic mass is 10.3. The van der Waals surface area contributed by atoms with Gasteiger partial charge in [-0.15, -0.1) is 0 Å². The maximum atomic E-state index is 11.9. The Morgan fingerprint density at radius 1 is 1.29 bits per heavy atom. The smallest absolute Gasteiger partial charge is 0.252 e. The van der Waals surface area contributed by atoms with Gasteiger partial charge in [-0.25, -0.2) is 0 Å². The number of aliphatic hydroxyl groups is 1. The van der Waals surface area contributed by atoms with Gasteiger partial charge in [0.1, 0.15) is 0 Å². The van der Waals surface area contributed by atoms with Crippen LogP contribution in [0.5, 0.6) is 0 Å². The van der Waals surface area contributed by atoms with E-state index < -0.39 is 0 Å². The zero-order valence-electron chi connectivity index (χ0n) is 9.37. The molecule has 1 N–H and O–H groups in total. The summed E-state index contributed by atoms with van der Waals surface area (Å²) in [6.07, 6.45) is 0.621. The second-order valence-corrected chi connectivity index (χ2v) is 4.21. The third-order valence-corrected chi connectivity index (χ3v) is 3.08. The Bertz CT molecular complexity index is 422. The average Bonchev–Trinajstić information content (AvgIpc) is 2.63. The molecular weight excluding hydrogens is 236 g/mol. The first-order valence-corrected chi connectivity index (χ1v) is 5.92. The van der Waals surface area contributed by atoms with E-state index in [9.17, 15) is 4.79 Å². The number of anilines is 1. The van der Waals surface area contributed by atoms with Crippen LogP contribution in [-0.4, -0.2) is 40.7 Å². The largest absolute Gasteiger partial charge is 0.396 e. The number of carbonyl (C=O) groups excluding carboxylic acids is 1. The molecule has 1 amide bonds. The van der Waals surface area contributed by atoms with Gasteiger partial charge >= 0.3 is 0 Å². The molecule has 4 nitrogen and oxygen atoms in total. The summed E-state index contributed by atoms with van der Waals surface area (Å²) in [5, 5.41) is 9.32. The Labute approximate surface area is 105 Å². The van der Waals surface area contributed by atoms with Crippen molar-refractivity contribution in [1.82, 2.24) is 4.90 Å². The van der Waals surface area contributed by atoms with Crippen LogP contribution in [0.4, 0.5) is 5.69 Å². The molecule has 0 atom stereocenters. The van der Waals surface area contributed by atoms with Crippen LogP contribution in [0.2, 0.25) is 0 Å². The third kappa shape index (κ3) is 2.45. The van der Waals surface area contributed by atoms with E-state index in [1.807, 2.05) is 35.2 Å². The molecule has 0 unspecified atom stereocenters. The van der Waals surface area contributed by atoms with E-state index in [1.54, 1.807) is 4.90 Å². The Morgan fingerprint density at radius 3 is 2.65 bits per heavy atom. The van der Waals surface area contributed by atoms with Crippen LogP contribution >= 0.6 is 12.2 Å². The summed E-state index contributed by atoms with van der Waals surface area (Å²) in [6.45, 7) is 1.02. The molecule has 0 aromatic heterocycles. The summed E-state index contributed by atoms with van der Waals surface area (Å²) in [6, 6.07) is 9.37. The van der Waals surface area contributed by atoms with Gasteiger partial charge in [0.15, 0.2) is 5.11 Å². The number of rotatable bonds is 4. The van der Waals surface area contributed by atoms with E-state index in [0.29, 0.717) is 24.6 Å². The third-order valence-electron chi connectivity index (χ3n) is 2.64. The van der Waals surface area contributed by atoms with Crippen molar-refractivity contribution < 1.29 is 9.90 Å². The van der Waals surface area contributed by atoms with E-state index in [-0.39, 0.29) is 12.5 Å². The van der Waals surface area contributed by atoms with Gasteiger partial charge in [-0.2, -0.15) is 0 Å². The summed E-state index contributed by atoms with van der Waals surface area (Å²) >= 11 is 5.28. The lowest BCUT2D eigenvalue weighted by Gasteiger charge is -2.19. The second kappa shape index (κ2) is 5.25. The number of amides is 1. The molecule has 0 bridgehead atoms. The number of hydrogen-bond donors (Lipinski definition) is 1. The lowest BCUT2D eigenvalue weighted by Crippen LogP contribution is -2.33. The Kier molecular flexibility index (Phi) is 3.71. The molecule has 1 heterocycles. The fourth-order valence-electron chi connectivity index (χ4n) is 1.82. The minimum atomic E-state index is -0.0147. The van der Waals surface area contributed by atoms with E-state index in [0.717, 1.165) is 5.69 Å². The Hall–Kier alpha value is -1.46. The van der Waals surface area contributed by atoms with Gasteiger partial charge in [-0.05, 0) is 30.8 Å². The van der Waals surface area contributed by atoms with Crippen molar-refractivity contribution in [2.24, 2.45) is 0 Å². The van der Waals surface area contributed by atoms with Gasteiger partial charge in [0.05, 0.1) is 12.2 Å². The summed E-state index contributed by atoms with van der Waals surface area (Å²) < 4.78 is 0. The zero-order valence-corrected chi connectivity index (χ0v) is 10.2. The molecule has 0 saturated carbocycles. The van der Waals surface area contributed by atoms with Crippen LogP contribution < -0.4 is 4.90 Å². The van der Waals surface area contributed by atoms with Gasteiger partial charge in [0, 0.05) is 13.2 Å². The molecule has 17 heavy (non-hydrogen) atoms. The molecule has 1 aliphatic rings. The van der Waals surface area contributed by atoms with Gasteiger partial charge in [0.25, 0.3) is 5.91 Å². The van der Waals surface area contributed by atoms with Crippen molar-refractivity contribution in [2.45, 2.75) is 6.42 Å². The number of carbonyl (C=O) groups is 1.